The number of amides is 1. The number of likely N-dealkylation sites (tertiary alicyclic amines) is 1. The molecule has 126 valence electrons. The molecule has 1 aliphatic rings. The number of aliphatic carboxylic acids is 1. The molecule has 0 aromatic heterocycles. The van der Waals surface area contributed by atoms with E-state index in [1.54, 1.807) is 0 Å². The van der Waals surface area contributed by atoms with Gasteiger partial charge in [0.2, 0.25) is 0 Å². The molecule has 1 aliphatic heterocycles. The van der Waals surface area contributed by atoms with Crippen molar-refractivity contribution in [1.29, 1.82) is 0 Å². The molecule has 1 heterocycles. The second-order valence-corrected chi connectivity index (χ2v) is 8.17. The Morgan fingerprint density at radius 3 is 2.57 bits per heavy atom. The van der Waals surface area contributed by atoms with E-state index in [9.17, 15) is 27.5 Å². The van der Waals surface area contributed by atoms with E-state index in [2.05, 4.69) is 0 Å². The molecule has 0 bridgehead atoms. The van der Waals surface area contributed by atoms with E-state index in [1.165, 1.54) is 18.7 Å². The van der Waals surface area contributed by atoms with E-state index in [0.29, 0.717) is 0 Å². The minimum atomic E-state index is -3.56. The van der Waals surface area contributed by atoms with E-state index >= 15 is 0 Å². The summed E-state index contributed by atoms with van der Waals surface area (Å²) in [6, 6.07) is 3.09. The minimum absolute atomic E-state index is 0.0363. The molecule has 1 aromatic rings. The van der Waals surface area contributed by atoms with Crippen LogP contribution in [0, 0.1) is 11.2 Å². The normalized spacial score (nSPS) is 21.4. The summed E-state index contributed by atoms with van der Waals surface area (Å²) in [6.07, 6.45) is 0.267. The van der Waals surface area contributed by atoms with Crippen LogP contribution in [-0.4, -0.2) is 49.1 Å². The molecule has 6 nitrogen and oxygen atoms in total. The van der Waals surface area contributed by atoms with Crippen LogP contribution in [0.2, 0.25) is 0 Å². The SMILES string of the molecule is CCS(=O)(=O)c1ccc(F)c(C(=O)N2CC[C@](C)(C(=O)O)C2)c1. The van der Waals surface area contributed by atoms with Crippen molar-refractivity contribution in [2.75, 3.05) is 18.8 Å². The maximum Gasteiger partial charge on any atom is 0.311 e. The fourth-order valence-electron chi connectivity index (χ4n) is 2.51. The van der Waals surface area contributed by atoms with Gasteiger partial charge in [-0.2, -0.15) is 0 Å². The fourth-order valence-corrected chi connectivity index (χ4v) is 3.41. The molecule has 0 spiro atoms. The van der Waals surface area contributed by atoms with Gasteiger partial charge in [0.15, 0.2) is 9.84 Å². The number of carboxylic acid groups (broad SMARTS) is 1. The van der Waals surface area contributed by atoms with Gasteiger partial charge in [0.1, 0.15) is 5.82 Å². The van der Waals surface area contributed by atoms with Crippen LogP contribution in [-0.2, 0) is 14.6 Å². The number of nitrogens with zero attached hydrogens (tertiary/aromatic N) is 1. The number of halogens is 1. The van der Waals surface area contributed by atoms with E-state index in [4.69, 9.17) is 0 Å². The lowest BCUT2D eigenvalue weighted by atomic mass is 9.90. The summed E-state index contributed by atoms with van der Waals surface area (Å²) in [5.74, 6) is -2.70. The monoisotopic (exact) mass is 343 g/mol. The number of hydrogen-bond donors (Lipinski definition) is 1. The smallest absolute Gasteiger partial charge is 0.311 e. The maximum absolute atomic E-state index is 14.0. The predicted octanol–water partition coefficient (Wildman–Crippen LogP) is 1.56. The molecule has 1 saturated heterocycles. The molecule has 0 unspecified atom stereocenters. The highest BCUT2D eigenvalue weighted by Crippen LogP contribution is 2.31. The first-order chi connectivity index (χ1) is 10.6. The van der Waals surface area contributed by atoms with Crippen molar-refractivity contribution in [3.8, 4) is 0 Å². The van der Waals surface area contributed by atoms with Crippen LogP contribution in [0.1, 0.15) is 30.6 Å². The third-order valence-corrected chi connectivity index (χ3v) is 5.92. The quantitative estimate of drug-likeness (QED) is 0.838. The Balaban J connectivity index is 2.34. The highest BCUT2D eigenvalue weighted by atomic mass is 32.2. The summed E-state index contributed by atoms with van der Waals surface area (Å²) >= 11 is 0. The van der Waals surface area contributed by atoms with E-state index < -0.39 is 32.9 Å². The molecule has 1 fully saturated rings. The number of sulfone groups is 1. The largest absolute Gasteiger partial charge is 0.481 e. The van der Waals surface area contributed by atoms with Crippen LogP contribution in [0.3, 0.4) is 0 Å². The first kappa shape index (κ1) is 17.4. The molecule has 2 rings (SSSR count). The van der Waals surface area contributed by atoms with Gasteiger partial charge in [0, 0.05) is 13.1 Å². The molecular weight excluding hydrogens is 325 g/mol. The topological polar surface area (TPSA) is 91.8 Å². The number of benzene rings is 1. The van der Waals surface area contributed by atoms with Crippen molar-refractivity contribution in [3.63, 3.8) is 0 Å². The Labute approximate surface area is 133 Å². The Kier molecular flexibility index (Phi) is 4.48. The highest BCUT2D eigenvalue weighted by molar-refractivity contribution is 7.91. The van der Waals surface area contributed by atoms with Crippen molar-refractivity contribution < 1.29 is 27.5 Å². The summed E-state index contributed by atoms with van der Waals surface area (Å²) in [4.78, 5) is 24.8. The van der Waals surface area contributed by atoms with Crippen molar-refractivity contribution >= 4 is 21.7 Å². The maximum atomic E-state index is 14.0. The third-order valence-electron chi connectivity index (χ3n) is 4.18. The Morgan fingerprint density at radius 1 is 1.39 bits per heavy atom. The van der Waals surface area contributed by atoms with E-state index in [-0.39, 0.29) is 35.7 Å². The Morgan fingerprint density at radius 2 is 2.04 bits per heavy atom. The van der Waals surface area contributed by atoms with Gasteiger partial charge in [-0.3, -0.25) is 9.59 Å². The molecule has 8 heteroatoms. The van der Waals surface area contributed by atoms with Crippen LogP contribution in [0.15, 0.2) is 23.1 Å². The number of hydrogen-bond acceptors (Lipinski definition) is 4. The molecule has 23 heavy (non-hydrogen) atoms. The molecule has 0 radical (unpaired) electrons. The number of rotatable bonds is 4. The van der Waals surface area contributed by atoms with Gasteiger partial charge in [-0.25, -0.2) is 12.8 Å². The van der Waals surface area contributed by atoms with E-state index in [0.717, 1.165) is 18.2 Å². The zero-order valence-electron chi connectivity index (χ0n) is 12.9. The molecule has 1 amide bonds. The van der Waals surface area contributed by atoms with Gasteiger partial charge in [-0.15, -0.1) is 0 Å². The zero-order valence-corrected chi connectivity index (χ0v) is 13.7. The summed E-state index contributed by atoms with van der Waals surface area (Å²) in [7, 11) is -3.56. The number of carbonyl (C=O) groups excluding carboxylic acids is 1. The Hall–Kier alpha value is -1.96. The Bertz CT molecular complexity index is 761. The standard InChI is InChI=1S/C15H18FNO5S/c1-3-23(21,22)10-4-5-12(16)11(8-10)13(18)17-7-6-15(2,9-17)14(19)20/h4-5,8H,3,6-7,9H2,1-2H3,(H,19,20)/t15-/m0/s1. The zero-order chi connectivity index (χ0) is 17.4. The third kappa shape index (κ3) is 3.21. The van der Waals surface area contributed by atoms with Crippen LogP contribution in [0.25, 0.3) is 0 Å². The van der Waals surface area contributed by atoms with Crippen LogP contribution in [0.4, 0.5) is 4.39 Å². The lowest BCUT2D eigenvalue weighted by molar-refractivity contribution is -0.147. The predicted molar refractivity (Wildman–Crippen MR) is 80.4 cm³/mol. The van der Waals surface area contributed by atoms with E-state index in [1.807, 2.05) is 0 Å². The molecule has 1 atom stereocenters. The van der Waals surface area contributed by atoms with Crippen molar-refractivity contribution in [3.05, 3.63) is 29.6 Å². The minimum Gasteiger partial charge on any atom is -0.481 e. The van der Waals surface area contributed by atoms with Gasteiger partial charge < -0.3 is 10.0 Å². The molecular formula is C15H18FNO5S. The molecule has 1 N–H and O–H groups in total. The van der Waals surface area contributed by atoms with Crippen LogP contribution >= 0.6 is 0 Å². The first-order valence-electron chi connectivity index (χ1n) is 7.16. The lowest BCUT2D eigenvalue weighted by Crippen LogP contribution is -2.35. The van der Waals surface area contributed by atoms with Gasteiger partial charge in [0.05, 0.1) is 21.6 Å². The lowest BCUT2D eigenvalue weighted by Gasteiger charge is -2.20. The van der Waals surface area contributed by atoms with Crippen LogP contribution in [0.5, 0.6) is 0 Å². The van der Waals surface area contributed by atoms with Crippen molar-refractivity contribution in [2.24, 2.45) is 5.41 Å². The average molecular weight is 343 g/mol. The van der Waals surface area contributed by atoms with Gasteiger partial charge in [-0.1, -0.05) is 6.92 Å². The summed E-state index contributed by atoms with van der Waals surface area (Å²) < 4.78 is 37.7. The first-order valence-corrected chi connectivity index (χ1v) is 8.81. The summed E-state index contributed by atoms with van der Waals surface area (Å²) in [6.45, 7) is 3.13. The van der Waals surface area contributed by atoms with Gasteiger partial charge >= 0.3 is 5.97 Å². The van der Waals surface area contributed by atoms with Gasteiger partial charge in [-0.05, 0) is 31.5 Å². The molecule has 1 aromatic carbocycles. The average Bonchev–Trinajstić information content (AvgIpc) is 2.91. The highest BCUT2D eigenvalue weighted by Gasteiger charge is 2.42. The number of carbonyl (C=O) groups is 2. The van der Waals surface area contributed by atoms with Gasteiger partial charge in [0.25, 0.3) is 5.91 Å². The number of carboxylic acids is 1. The summed E-state index contributed by atoms with van der Waals surface area (Å²) in [5.41, 5.74) is -1.42. The molecule has 0 aliphatic carbocycles. The van der Waals surface area contributed by atoms with Crippen LogP contribution < -0.4 is 0 Å². The van der Waals surface area contributed by atoms with Crippen molar-refractivity contribution in [1.82, 2.24) is 4.90 Å². The van der Waals surface area contributed by atoms with Crippen molar-refractivity contribution in [2.45, 2.75) is 25.2 Å². The molecule has 0 saturated carbocycles. The second kappa shape index (κ2) is 5.92. The fraction of sp³-hybridized carbons (Fsp3) is 0.467. The summed E-state index contributed by atoms with van der Waals surface area (Å²) in [5, 5.41) is 9.19. The second-order valence-electron chi connectivity index (χ2n) is 5.89.